The highest BCUT2D eigenvalue weighted by atomic mass is 32.2. The highest BCUT2D eigenvalue weighted by Crippen LogP contribution is 2.34. The number of fused-ring (bicyclic) bond motifs is 2. The molecule has 6 aliphatic heterocycles. The van der Waals surface area contributed by atoms with Crippen molar-refractivity contribution < 1.29 is 70.9 Å². The van der Waals surface area contributed by atoms with E-state index in [0.29, 0.717) is 59.4 Å². The van der Waals surface area contributed by atoms with Crippen molar-refractivity contribution in [1.82, 2.24) is 57.1 Å². The highest BCUT2D eigenvalue weighted by Gasteiger charge is 2.48. The molecular weight excluding hydrogens is 1450 g/mol. The zero-order valence-corrected chi connectivity index (χ0v) is 66.2. The number of allylic oxidation sites excluding steroid dienone is 2. The molecule has 598 valence electrons. The second-order valence-electron chi connectivity index (χ2n) is 32.1. The van der Waals surface area contributed by atoms with Gasteiger partial charge in [-0.15, -0.1) is 0 Å². The van der Waals surface area contributed by atoms with E-state index >= 15 is 24.0 Å². The number of hydrogen-bond donors (Lipinski definition) is 10. The number of nitrogens with zero attached hydrogens (tertiary/aromatic N) is 2. The quantitative estimate of drug-likeness (QED) is 0.0477. The normalized spacial score (nSPS) is 23.2. The summed E-state index contributed by atoms with van der Waals surface area (Å²) in [6, 6.07) is 28.2. The summed E-state index contributed by atoms with van der Waals surface area (Å²) in [7, 11) is -0.899. The van der Waals surface area contributed by atoms with Crippen LogP contribution in [0.3, 0.4) is 0 Å². The van der Waals surface area contributed by atoms with Crippen LogP contribution in [0.4, 0.5) is 0 Å². The molecule has 1 aliphatic carbocycles. The maximum atomic E-state index is 15.3. The molecule has 26 nitrogen and oxygen atoms in total. The zero-order chi connectivity index (χ0) is 80.8. The van der Waals surface area contributed by atoms with Crippen molar-refractivity contribution in [3.05, 3.63) is 180 Å². The number of amides is 9. The smallest absolute Gasteiger partial charge is 0.326 e. The van der Waals surface area contributed by atoms with Gasteiger partial charge in [0.1, 0.15) is 73.0 Å². The van der Waals surface area contributed by atoms with Crippen LogP contribution in [-0.2, 0) is 83.7 Å². The minimum atomic E-state index is -4.14. The third-order valence-electron chi connectivity index (χ3n) is 21.3. The van der Waals surface area contributed by atoms with Gasteiger partial charge in [0.15, 0.2) is 0 Å². The van der Waals surface area contributed by atoms with Gasteiger partial charge >= 0.3 is 5.97 Å². The van der Waals surface area contributed by atoms with Crippen molar-refractivity contribution in [2.24, 2.45) is 22.7 Å². The number of benzene rings is 6. The van der Waals surface area contributed by atoms with Gasteiger partial charge in [-0.1, -0.05) is 175 Å². The average Bonchev–Trinajstić information content (AvgIpc) is 1.62. The van der Waals surface area contributed by atoms with E-state index in [1.807, 2.05) is 118 Å². The highest BCUT2D eigenvalue weighted by molar-refractivity contribution is 7.91. The van der Waals surface area contributed by atoms with Crippen LogP contribution in [0.2, 0.25) is 0 Å². The Hall–Kier alpha value is -10.5. The first-order valence-corrected chi connectivity index (χ1v) is 40.0. The number of hydrogen-bond acceptors (Lipinski definition) is 16. The summed E-state index contributed by atoms with van der Waals surface area (Å²) in [4.78, 5) is 149. The molecule has 3 fully saturated rings. The fraction of sp³-hybridized carbons (Fsp3) is 0.459. The molecule has 6 aromatic rings. The number of nitrogens with one attached hydrogen (secondary N) is 9. The Balaban J connectivity index is 0.972. The lowest BCUT2D eigenvalue weighted by Gasteiger charge is -2.36. The monoisotopic (exact) mass is 1550 g/mol. The van der Waals surface area contributed by atoms with E-state index in [-0.39, 0.29) is 76.7 Å². The number of rotatable bonds is 16. The molecule has 8 bridgehead atoms. The van der Waals surface area contributed by atoms with Gasteiger partial charge in [-0.25, -0.2) is 13.2 Å². The summed E-state index contributed by atoms with van der Waals surface area (Å²) in [6.45, 7) is 14.5. The van der Waals surface area contributed by atoms with E-state index in [9.17, 15) is 37.5 Å². The molecule has 1 saturated carbocycles. The molecule has 0 aromatic heterocycles. The SMILES string of the molecule is CN[C@@H](C)C(=O)N[C@H](C(=O)N1C[C@H]2C/C=C\COc3ccc(cc3)C[C@@H](C(=O)NS(=O)(=O)C3CC3)NC(=O)[C@H](Cc3ccc4ccccc4c3)NC(=O)[C@@H]3C[C@H](C/C=C\COc4ccc(cc4)C[C@@H](C(=O)O)NC(=O)[C@H](Cc4ccc5ccccc5c4)NC(=O)[C@@H]1C2)CN3C(=O)[C@@H](NC(=O)[C@H](C)NC)C(C)(C)C)C(C)(C)C. The number of carbonyl (C=O) groups is 10. The van der Waals surface area contributed by atoms with Crippen LogP contribution in [0.25, 0.3) is 21.5 Å². The fourth-order valence-corrected chi connectivity index (χ4v) is 15.6. The second kappa shape index (κ2) is 37.2. The predicted molar refractivity (Wildman–Crippen MR) is 427 cm³/mol. The summed E-state index contributed by atoms with van der Waals surface area (Å²) in [5.74, 6) is -6.99. The van der Waals surface area contributed by atoms with E-state index in [0.717, 1.165) is 21.5 Å². The predicted octanol–water partition coefficient (Wildman–Crippen LogP) is 6.27. The number of likely N-dealkylation sites (N-methyl/N-ethyl adjacent to an activating group) is 2. The molecule has 6 aromatic carbocycles. The third kappa shape index (κ3) is 22.4. The molecular formula is C85H107N11O15S. The van der Waals surface area contributed by atoms with Crippen molar-refractivity contribution >= 4 is 90.7 Å². The molecule has 0 spiro atoms. The zero-order valence-electron chi connectivity index (χ0n) is 65.4. The van der Waals surface area contributed by atoms with Gasteiger partial charge in [0.25, 0.3) is 5.91 Å². The first-order chi connectivity index (χ1) is 53.2. The van der Waals surface area contributed by atoms with E-state index in [1.54, 1.807) is 109 Å². The molecule has 12 atom stereocenters. The van der Waals surface area contributed by atoms with Crippen LogP contribution in [-0.4, -0.2) is 189 Å². The Labute approximate surface area is 655 Å². The second-order valence-corrected chi connectivity index (χ2v) is 34.1. The molecule has 112 heavy (non-hydrogen) atoms. The summed E-state index contributed by atoms with van der Waals surface area (Å²) >= 11 is 0. The molecule has 6 heterocycles. The molecule has 13 rings (SSSR count). The Morgan fingerprint density at radius 1 is 0.518 bits per heavy atom. The van der Waals surface area contributed by atoms with Crippen molar-refractivity contribution in [2.45, 2.75) is 185 Å². The first kappa shape index (κ1) is 84.0. The summed E-state index contributed by atoms with van der Waals surface area (Å²) < 4.78 is 41.5. The van der Waals surface area contributed by atoms with E-state index in [1.165, 1.54) is 9.80 Å². The number of likely N-dealkylation sites (tertiary alicyclic amines) is 2. The first-order valence-electron chi connectivity index (χ1n) is 38.5. The number of ether oxygens (including phenoxy) is 2. The van der Waals surface area contributed by atoms with Crippen molar-refractivity contribution in [3.8, 4) is 11.5 Å². The third-order valence-corrected chi connectivity index (χ3v) is 23.2. The molecule has 10 N–H and O–H groups in total. The number of carboxylic acids is 1. The molecule has 9 amide bonds. The lowest BCUT2D eigenvalue weighted by atomic mass is 9.85. The Bertz CT molecular complexity index is 4590. The largest absolute Gasteiger partial charge is 0.490 e. The summed E-state index contributed by atoms with van der Waals surface area (Å²) in [5.41, 5.74) is 0.639. The van der Waals surface area contributed by atoms with Crippen molar-refractivity contribution in [3.63, 3.8) is 0 Å². The molecule has 7 aliphatic rings. The van der Waals surface area contributed by atoms with Crippen LogP contribution >= 0.6 is 0 Å². The topological polar surface area (TPSA) is 358 Å². The van der Waals surface area contributed by atoms with Gasteiger partial charge < -0.3 is 66.9 Å². The van der Waals surface area contributed by atoms with Gasteiger partial charge in [-0.05, 0) is 157 Å². The fourth-order valence-electron chi connectivity index (χ4n) is 14.3. The van der Waals surface area contributed by atoms with E-state index in [2.05, 4.69) is 47.3 Å². The summed E-state index contributed by atoms with van der Waals surface area (Å²) in [6.07, 6.45) is 8.46. The maximum absolute atomic E-state index is 15.3. The van der Waals surface area contributed by atoms with Gasteiger partial charge in [0.2, 0.25) is 57.3 Å². The molecule has 2 saturated heterocycles. The lowest BCUT2D eigenvalue weighted by molar-refractivity contribution is -0.145. The van der Waals surface area contributed by atoms with Gasteiger partial charge in [0, 0.05) is 38.8 Å². The Kier molecular flexibility index (Phi) is 27.9. The van der Waals surface area contributed by atoms with E-state index < -0.39 is 146 Å². The minimum Gasteiger partial charge on any atom is -0.490 e. The van der Waals surface area contributed by atoms with Crippen LogP contribution in [0, 0.1) is 22.7 Å². The molecule has 0 unspecified atom stereocenters. The number of sulfonamides is 1. The van der Waals surface area contributed by atoms with Crippen LogP contribution < -0.4 is 56.7 Å². The van der Waals surface area contributed by atoms with Crippen molar-refractivity contribution in [2.75, 3.05) is 40.4 Å². The Morgan fingerprint density at radius 2 is 0.911 bits per heavy atom. The van der Waals surface area contributed by atoms with Crippen molar-refractivity contribution in [1.29, 1.82) is 0 Å². The minimum absolute atomic E-state index is 0.0572. The number of carboxylic acid groups (broad SMARTS) is 1. The molecule has 0 radical (unpaired) electrons. The molecule has 27 heteroatoms. The Morgan fingerprint density at radius 3 is 1.29 bits per heavy atom. The lowest BCUT2D eigenvalue weighted by Crippen LogP contribution is -2.61. The summed E-state index contributed by atoms with van der Waals surface area (Å²) in [5, 5.41) is 36.6. The van der Waals surface area contributed by atoms with Crippen LogP contribution in [0.1, 0.15) is 116 Å². The standard InChI is InChI=1S/C85H107N11O15S/c1-51(86-9)74(97)92-72(84(3,4)5)81(104)95-49-57-19-16-18-40-111-64-35-29-54(30-36-64)44-69(83(106)107)91-77(100)67(46-56-26-32-60-22-12-14-24-62(60)42-56)90-80(103)71-48-58(50-96(71)82(105)73(85(6,7)8)93-75(98)52(2)87-10)20-15-17-39-110-63-33-27-53(28-34-63)43-68(78(101)94-112(108,109)65-37-38-65)88-76(99)66(89-79(102)70(95)47-57)45-55-25-31-59-21-11-13-23-61(59)41-55/h11-18,21-36,41-42,51-52,57-58,65-73,86-87H,19-20,37-40,43-50H2,1-10H3,(H,88,99)(H,89,102)(H,90,103)(H,91,100)(H,92,97)(H,93,98)(H,94,101)(H,106,107)/b17-15-,18-16-/t51-,52-,57-,58-,66-,67-,68-,69-,70-,71-,72+,73+/m0/s1. The average molecular weight is 1550 g/mol. The van der Waals surface area contributed by atoms with Gasteiger partial charge in [-0.3, -0.25) is 47.9 Å². The van der Waals surface area contributed by atoms with Gasteiger partial charge in [0.05, 0.1) is 17.3 Å². The number of aliphatic carboxylic acids is 1. The number of carbonyl (C=O) groups excluding carboxylic acids is 9. The van der Waals surface area contributed by atoms with Crippen LogP contribution in [0.5, 0.6) is 11.5 Å². The maximum Gasteiger partial charge on any atom is 0.326 e. The van der Waals surface area contributed by atoms with Gasteiger partial charge in [-0.2, -0.15) is 0 Å². The van der Waals surface area contributed by atoms with Crippen LogP contribution in [0.15, 0.2) is 158 Å². The van der Waals surface area contributed by atoms with E-state index in [4.69, 9.17) is 9.47 Å².